The number of carbonyl (C=O) groups is 1. The Morgan fingerprint density at radius 1 is 1.07 bits per heavy atom. The number of esters is 1. The van der Waals surface area contributed by atoms with E-state index in [9.17, 15) is 4.79 Å². The quantitative estimate of drug-likeness (QED) is 0.575. The third-order valence-electron chi connectivity index (χ3n) is 3.91. The highest BCUT2D eigenvalue weighted by Gasteiger charge is 2.17. The van der Waals surface area contributed by atoms with Crippen LogP contribution in [-0.2, 0) is 16.1 Å². The van der Waals surface area contributed by atoms with Gasteiger partial charge in [0.25, 0.3) is 0 Å². The molecule has 1 aromatic heterocycles. The molecule has 0 aliphatic rings. The molecule has 3 rings (SSSR count). The van der Waals surface area contributed by atoms with Crippen molar-refractivity contribution in [3.8, 4) is 17.2 Å². The molecular weight excluding hydrogens is 368 g/mol. The molecule has 0 amide bonds. The van der Waals surface area contributed by atoms with Gasteiger partial charge in [-0.15, -0.1) is 0 Å². The third kappa shape index (κ3) is 4.41. The summed E-state index contributed by atoms with van der Waals surface area (Å²) in [5, 5.41) is 4.83. The van der Waals surface area contributed by atoms with E-state index in [4.69, 9.17) is 25.8 Å². The number of rotatable bonds is 7. The zero-order chi connectivity index (χ0) is 19.2. The van der Waals surface area contributed by atoms with Gasteiger partial charge in [0.1, 0.15) is 11.8 Å². The van der Waals surface area contributed by atoms with Gasteiger partial charge in [0.2, 0.25) is 0 Å². The van der Waals surface area contributed by atoms with Crippen LogP contribution in [0.4, 0.5) is 0 Å². The lowest BCUT2D eigenvalue weighted by molar-refractivity contribution is -0.147. The molecule has 0 N–H and O–H groups in total. The molecule has 0 saturated heterocycles. The molecule has 0 aliphatic heterocycles. The number of nitrogens with zero attached hydrogens (tertiary/aromatic N) is 2. The molecule has 0 radical (unpaired) electrons. The highest BCUT2D eigenvalue weighted by atomic mass is 35.5. The van der Waals surface area contributed by atoms with Crippen LogP contribution in [0.2, 0.25) is 5.15 Å². The van der Waals surface area contributed by atoms with Gasteiger partial charge >= 0.3 is 5.97 Å². The fourth-order valence-corrected chi connectivity index (χ4v) is 2.83. The fourth-order valence-electron chi connectivity index (χ4n) is 2.50. The van der Waals surface area contributed by atoms with E-state index in [1.165, 1.54) is 7.11 Å². The molecule has 140 valence electrons. The highest BCUT2D eigenvalue weighted by molar-refractivity contribution is 6.30. The van der Waals surface area contributed by atoms with E-state index in [0.29, 0.717) is 27.9 Å². The summed E-state index contributed by atoms with van der Waals surface area (Å²) in [5.74, 6) is 0.514. The van der Waals surface area contributed by atoms with E-state index in [1.807, 2.05) is 43.3 Å². The first-order valence-corrected chi connectivity index (χ1v) is 8.69. The van der Waals surface area contributed by atoms with E-state index >= 15 is 0 Å². The fraction of sp³-hybridized carbons (Fsp3) is 0.200. The summed E-state index contributed by atoms with van der Waals surface area (Å²) in [7, 11) is 1.54. The van der Waals surface area contributed by atoms with Gasteiger partial charge in [-0.2, -0.15) is 5.10 Å². The first-order chi connectivity index (χ1) is 13.1. The summed E-state index contributed by atoms with van der Waals surface area (Å²) in [6, 6.07) is 16.6. The average Bonchev–Trinajstić information content (AvgIpc) is 2.99. The molecule has 27 heavy (non-hydrogen) atoms. The maximum absolute atomic E-state index is 12.0. The minimum Gasteiger partial charge on any atom is -0.493 e. The molecule has 0 fully saturated rings. The Hall–Kier alpha value is -2.99. The number of para-hydroxylation sites is 3. The zero-order valence-corrected chi connectivity index (χ0v) is 15.8. The molecule has 0 unspecified atom stereocenters. The van der Waals surface area contributed by atoms with Crippen molar-refractivity contribution in [2.45, 2.75) is 13.5 Å². The molecular formula is C20H19ClN2O4. The van der Waals surface area contributed by atoms with Crippen molar-refractivity contribution in [1.29, 1.82) is 0 Å². The van der Waals surface area contributed by atoms with Crippen LogP contribution >= 0.6 is 11.6 Å². The molecule has 3 aromatic rings. The van der Waals surface area contributed by atoms with Crippen molar-refractivity contribution >= 4 is 17.6 Å². The van der Waals surface area contributed by atoms with Crippen molar-refractivity contribution in [2.75, 3.05) is 13.7 Å². The van der Waals surface area contributed by atoms with E-state index in [0.717, 1.165) is 5.69 Å². The smallest absolute Gasteiger partial charge is 0.344 e. The Morgan fingerprint density at radius 3 is 2.44 bits per heavy atom. The van der Waals surface area contributed by atoms with Crippen LogP contribution in [0.25, 0.3) is 5.69 Å². The predicted molar refractivity (Wildman–Crippen MR) is 102 cm³/mol. The first kappa shape index (κ1) is 18.8. The summed E-state index contributed by atoms with van der Waals surface area (Å²) >= 11 is 6.42. The molecule has 6 nitrogen and oxygen atoms in total. The lowest BCUT2D eigenvalue weighted by atomic mass is 10.3. The normalized spacial score (nSPS) is 10.5. The minimum atomic E-state index is -0.510. The van der Waals surface area contributed by atoms with Gasteiger partial charge in [0, 0.05) is 5.56 Å². The number of hydrogen-bond donors (Lipinski definition) is 0. The summed E-state index contributed by atoms with van der Waals surface area (Å²) in [6.45, 7) is 1.61. The van der Waals surface area contributed by atoms with Gasteiger partial charge in [0.05, 0.1) is 18.5 Å². The molecule has 0 aliphatic carbocycles. The average molecular weight is 387 g/mol. The van der Waals surface area contributed by atoms with Crippen molar-refractivity contribution in [3.05, 3.63) is 71.0 Å². The van der Waals surface area contributed by atoms with Crippen LogP contribution in [0, 0.1) is 6.92 Å². The molecule has 0 atom stereocenters. The maximum Gasteiger partial charge on any atom is 0.344 e. The SMILES string of the molecule is COc1ccccc1OCC(=O)OCc1c(C)nn(-c2ccccc2)c1Cl. The van der Waals surface area contributed by atoms with E-state index in [1.54, 1.807) is 22.9 Å². The van der Waals surface area contributed by atoms with Crippen molar-refractivity contribution in [3.63, 3.8) is 0 Å². The number of methoxy groups -OCH3 is 1. The summed E-state index contributed by atoms with van der Waals surface area (Å²) < 4.78 is 17.5. The Balaban J connectivity index is 1.62. The zero-order valence-electron chi connectivity index (χ0n) is 15.0. The second kappa shape index (κ2) is 8.60. The largest absolute Gasteiger partial charge is 0.493 e. The Morgan fingerprint density at radius 2 is 1.74 bits per heavy atom. The van der Waals surface area contributed by atoms with Gasteiger partial charge in [0.15, 0.2) is 18.1 Å². The van der Waals surface area contributed by atoms with Gasteiger partial charge in [-0.3, -0.25) is 0 Å². The van der Waals surface area contributed by atoms with Crippen LogP contribution < -0.4 is 9.47 Å². The number of carbonyl (C=O) groups excluding carboxylic acids is 1. The second-order valence-electron chi connectivity index (χ2n) is 5.70. The molecule has 0 saturated carbocycles. The number of halogens is 1. The third-order valence-corrected chi connectivity index (χ3v) is 4.30. The molecule has 7 heteroatoms. The second-order valence-corrected chi connectivity index (χ2v) is 6.06. The number of aromatic nitrogens is 2. The van der Waals surface area contributed by atoms with Crippen LogP contribution in [-0.4, -0.2) is 29.5 Å². The van der Waals surface area contributed by atoms with Crippen molar-refractivity contribution < 1.29 is 19.0 Å². The lowest BCUT2D eigenvalue weighted by Gasteiger charge is -2.10. The van der Waals surface area contributed by atoms with E-state index in [2.05, 4.69) is 5.10 Å². The molecule has 0 spiro atoms. The van der Waals surface area contributed by atoms with Crippen LogP contribution in [0.15, 0.2) is 54.6 Å². The topological polar surface area (TPSA) is 62.6 Å². The molecule has 1 heterocycles. The Labute approximate surface area is 162 Å². The number of aryl methyl sites for hydroxylation is 1. The highest BCUT2D eigenvalue weighted by Crippen LogP contribution is 2.26. The van der Waals surface area contributed by atoms with Gasteiger partial charge < -0.3 is 14.2 Å². The number of benzene rings is 2. The lowest BCUT2D eigenvalue weighted by Crippen LogP contribution is -2.15. The standard InChI is InChI=1S/C20H19ClN2O4/c1-14-16(20(21)23(22-14)15-8-4-3-5-9-15)12-27-19(24)13-26-18-11-7-6-10-17(18)25-2/h3-11H,12-13H2,1-2H3. The summed E-state index contributed by atoms with van der Waals surface area (Å²) in [5.41, 5.74) is 2.19. The summed E-state index contributed by atoms with van der Waals surface area (Å²) in [4.78, 5) is 12.0. The minimum absolute atomic E-state index is 0.0195. The number of ether oxygens (including phenoxy) is 3. The van der Waals surface area contributed by atoms with Crippen molar-refractivity contribution in [1.82, 2.24) is 9.78 Å². The monoisotopic (exact) mass is 386 g/mol. The first-order valence-electron chi connectivity index (χ1n) is 8.31. The van der Waals surface area contributed by atoms with Crippen LogP contribution in [0.5, 0.6) is 11.5 Å². The van der Waals surface area contributed by atoms with Gasteiger partial charge in [-0.25, -0.2) is 9.48 Å². The maximum atomic E-state index is 12.0. The van der Waals surface area contributed by atoms with Gasteiger partial charge in [-0.1, -0.05) is 41.9 Å². The van der Waals surface area contributed by atoms with E-state index < -0.39 is 5.97 Å². The van der Waals surface area contributed by atoms with Crippen LogP contribution in [0.1, 0.15) is 11.3 Å². The Kier molecular flexibility index (Phi) is 5.98. The molecule has 2 aromatic carbocycles. The molecule has 0 bridgehead atoms. The van der Waals surface area contributed by atoms with E-state index in [-0.39, 0.29) is 13.2 Å². The summed E-state index contributed by atoms with van der Waals surface area (Å²) in [6.07, 6.45) is 0. The van der Waals surface area contributed by atoms with Crippen LogP contribution in [0.3, 0.4) is 0 Å². The Bertz CT molecular complexity index is 925. The van der Waals surface area contributed by atoms with Crippen molar-refractivity contribution in [2.24, 2.45) is 0 Å². The number of hydrogen-bond acceptors (Lipinski definition) is 5. The van der Waals surface area contributed by atoms with Gasteiger partial charge in [-0.05, 0) is 31.2 Å². The predicted octanol–water partition coefficient (Wildman–Crippen LogP) is 3.96.